The lowest BCUT2D eigenvalue weighted by Gasteiger charge is -2.34. The molecule has 1 aromatic heterocycles. The number of aliphatic hydroxyl groups is 1. The van der Waals surface area contributed by atoms with Gasteiger partial charge in [-0.3, -0.25) is 4.90 Å². The summed E-state index contributed by atoms with van der Waals surface area (Å²) in [5.41, 5.74) is -2.43. The summed E-state index contributed by atoms with van der Waals surface area (Å²) >= 11 is 0. The molecule has 164 valence electrons. The number of carbonyl (C=O) groups excluding carboxylic acids is 1. The van der Waals surface area contributed by atoms with Crippen LogP contribution in [0.25, 0.3) is 0 Å². The number of amides is 2. The summed E-state index contributed by atoms with van der Waals surface area (Å²) in [5, 5.41) is 9.12. The second kappa shape index (κ2) is 10.9. The zero-order valence-corrected chi connectivity index (χ0v) is 16.6. The molecule has 0 bridgehead atoms. The largest absolute Gasteiger partial charge is 0.395 e. The Morgan fingerprint density at radius 2 is 1.45 bits per heavy atom. The van der Waals surface area contributed by atoms with E-state index < -0.39 is 23.7 Å². The van der Waals surface area contributed by atoms with Crippen molar-refractivity contribution in [3.8, 4) is 0 Å². The lowest BCUT2D eigenvalue weighted by molar-refractivity contribution is -0.0868. The average Bonchev–Trinajstić information content (AvgIpc) is 2.71. The van der Waals surface area contributed by atoms with Gasteiger partial charge in [-0.2, -0.15) is 0 Å². The number of methoxy groups -OCH3 is 1. The van der Waals surface area contributed by atoms with Crippen molar-refractivity contribution in [2.45, 2.75) is 26.6 Å². The minimum Gasteiger partial charge on any atom is -0.395 e. The highest BCUT2D eigenvalue weighted by Gasteiger charge is 2.24. The van der Waals surface area contributed by atoms with E-state index in [1.807, 2.05) is 6.92 Å². The fourth-order valence-corrected chi connectivity index (χ4v) is 2.76. The van der Waals surface area contributed by atoms with Gasteiger partial charge in [0.05, 0.1) is 39.5 Å². The van der Waals surface area contributed by atoms with Crippen LogP contribution in [0.2, 0.25) is 0 Å². The first-order chi connectivity index (χ1) is 14.0. The van der Waals surface area contributed by atoms with Crippen LogP contribution in [-0.2, 0) is 33.8 Å². The second-order valence-corrected chi connectivity index (χ2v) is 6.20. The summed E-state index contributed by atoms with van der Waals surface area (Å²) < 4.78 is 18.1. The van der Waals surface area contributed by atoms with E-state index in [4.69, 9.17) is 19.3 Å². The topological polar surface area (TPSA) is 137 Å². The van der Waals surface area contributed by atoms with Gasteiger partial charge >= 0.3 is 23.1 Å². The maximum atomic E-state index is 12.6. The minimum absolute atomic E-state index is 0.0345. The van der Waals surface area contributed by atoms with Crippen molar-refractivity contribution in [2.24, 2.45) is 0 Å². The van der Waals surface area contributed by atoms with E-state index in [1.54, 1.807) is 0 Å². The van der Waals surface area contributed by atoms with E-state index in [2.05, 4.69) is 0 Å². The maximum Gasteiger partial charge on any atom is 0.336 e. The summed E-state index contributed by atoms with van der Waals surface area (Å²) in [6, 6.07) is -0.227. The van der Waals surface area contributed by atoms with Crippen LogP contribution in [0.5, 0.6) is 0 Å². The molecule has 1 aliphatic rings. The van der Waals surface area contributed by atoms with Crippen LogP contribution in [0.3, 0.4) is 0 Å². The molecular weight excluding hydrogens is 390 g/mol. The molecule has 0 aromatic carbocycles. The zero-order chi connectivity index (χ0) is 21.4. The Bertz CT molecular complexity index is 860. The van der Waals surface area contributed by atoms with E-state index in [0.29, 0.717) is 6.54 Å². The fraction of sp³-hybridized carbons (Fsp3) is 0.750. The van der Waals surface area contributed by atoms with Gasteiger partial charge in [-0.1, -0.05) is 0 Å². The number of hydrogen-bond acceptors (Lipinski definition) is 8. The smallest absolute Gasteiger partial charge is 0.336 e. The molecular formula is C16H27N5O8. The first kappa shape index (κ1) is 22.8. The molecule has 2 amide bonds. The van der Waals surface area contributed by atoms with Crippen molar-refractivity contribution in [3.05, 3.63) is 31.5 Å². The Kier molecular flexibility index (Phi) is 8.57. The third-order valence-electron chi connectivity index (χ3n) is 4.35. The standard InChI is InChI=1S/C16H27N5O8/c1-3-17-10-29-12-18(13(17)23)11-28-9-6-21-15(25)19(4-7-22)14(24)20(16(21)26)5-8-27-2/h22H,3-12H2,1-2H3. The molecule has 2 rings (SSSR count). The molecule has 1 fully saturated rings. The Balaban J connectivity index is 2.10. The van der Waals surface area contributed by atoms with Crippen LogP contribution < -0.4 is 17.1 Å². The minimum atomic E-state index is -0.833. The van der Waals surface area contributed by atoms with Crippen molar-refractivity contribution in [1.82, 2.24) is 23.5 Å². The number of carbonyl (C=O) groups is 1. The van der Waals surface area contributed by atoms with Gasteiger partial charge in [0.1, 0.15) is 20.2 Å². The van der Waals surface area contributed by atoms with Crippen molar-refractivity contribution < 1.29 is 24.1 Å². The molecule has 1 saturated heterocycles. The quantitative estimate of drug-likeness (QED) is 0.389. The molecule has 2 heterocycles. The van der Waals surface area contributed by atoms with Gasteiger partial charge in [0.15, 0.2) is 0 Å². The Labute approximate surface area is 166 Å². The molecule has 0 aliphatic carbocycles. The number of aromatic nitrogens is 3. The summed E-state index contributed by atoms with van der Waals surface area (Å²) in [7, 11) is 1.42. The van der Waals surface area contributed by atoms with E-state index in [1.165, 1.54) is 16.9 Å². The Morgan fingerprint density at radius 1 is 0.897 bits per heavy atom. The third kappa shape index (κ3) is 5.32. The van der Waals surface area contributed by atoms with Crippen molar-refractivity contribution in [1.29, 1.82) is 0 Å². The van der Waals surface area contributed by atoms with E-state index in [9.17, 15) is 19.2 Å². The van der Waals surface area contributed by atoms with Gasteiger partial charge in [-0.15, -0.1) is 0 Å². The number of aliphatic hydroxyl groups excluding tert-OH is 1. The van der Waals surface area contributed by atoms with E-state index in [0.717, 1.165) is 13.7 Å². The number of urea groups is 1. The molecule has 1 N–H and O–H groups in total. The molecule has 0 radical (unpaired) electrons. The first-order valence-electron chi connectivity index (χ1n) is 9.19. The molecule has 13 nitrogen and oxygen atoms in total. The molecule has 0 spiro atoms. The highest BCUT2D eigenvalue weighted by Crippen LogP contribution is 2.06. The van der Waals surface area contributed by atoms with Gasteiger partial charge in [-0.25, -0.2) is 32.9 Å². The van der Waals surface area contributed by atoms with E-state index in [-0.39, 0.29) is 59.1 Å². The second-order valence-electron chi connectivity index (χ2n) is 6.20. The Hall–Kier alpha value is -2.48. The van der Waals surface area contributed by atoms with Gasteiger partial charge in [0, 0.05) is 13.7 Å². The predicted molar refractivity (Wildman–Crippen MR) is 99.4 cm³/mol. The van der Waals surface area contributed by atoms with Crippen LogP contribution in [0.1, 0.15) is 6.92 Å². The van der Waals surface area contributed by atoms with Gasteiger partial charge in [0.25, 0.3) is 0 Å². The number of hydrogen-bond donors (Lipinski definition) is 1. The fourth-order valence-electron chi connectivity index (χ4n) is 2.76. The molecule has 0 saturated carbocycles. The maximum absolute atomic E-state index is 12.6. The van der Waals surface area contributed by atoms with Crippen molar-refractivity contribution in [3.63, 3.8) is 0 Å². The molecule has 0 atom stereocenters. The predicted octanol–water partition coefficient (Wildman–Crippen LogP) is -2.53. The van der Waals surface area contributed by atoms with Crippen LogP contribution in [0.4, 0.5) is 4.79 Å². The zero-order valence-electron chi connectivity index (χ0n) is 16.6. The lowest BCUT2D eigenvalue weighted by atomic mass is 10.5. The molecule has 13 heteroatoms. The highest BCUT2D eigenvalue weighted by molar-refractivity contribution is 5.74. The molecule has 29 heavy (non-hydrogen) atoms. The summed E-state index contributed by atoms with van der Waals surface area (Å²) in [4.78, 5) is 52.4. The van der Waals surface area contributed by atoms with Crippen LogP contribution in [0, 0.1) is 0 Å². The van der Waals surface area contributed by atoms with Gasteiger partial charge in [0.2, 0.25) is 0 Å². The summed E-state index contributed by atoms with van der Waals surface area (Å²) in [6.07, 6.45) is 0. The monoisotopic (exact) mass is 417 g/mol. The molecule has 1 aromatic rings. The van der Waals surface area contributed by atoms with Crippen LogP contribution >= 0.6 is 0 Å². The normalized spacial score (nSPS) is 14.7. The first-order valence-corrected chi connectivity index (χ1v) is 9.19. The van der Waals surface area contributed by atoms with Crippen molar-refractivity contribution in [2.75, 3.05) is 53.7 Å². The number of ether oxygens (including phenoxy) is 3. The number of nitrogens with zero attached hydrogens (tertiary/aromatic N) is 5. The Morgan fingerprint density at radius 3 is 2.00 bits per heavy atom. The highest BCUT2D eigenvalue weighted by atomic mass is 16.5. The number of rotatable bonds is 11. The SMILES string of the molecule is CCN1COCN(COCCn2c(=O)n(CCO)c(=O)n(CCOC)c2=O)C1=O. The van der Waals surface area contributed by atoms with Gasteiger partial charge < -0.3 is 24.2 Å². The van der Waals surface area contributed by atoms with Crippen molar-refractivity contribution >= 4 is 6.03 Å². The lowest BCUT2D eigenvalue weighted by Crippen LogP contribution is -2.55. The van der Waals surface area contributed by atoms with E-state index >= 15 is 0 Å². The van der Waals surface area contributed by atoms with Gasteiger partial charge in [-0.05, 0) is 6.92 Å². The summed E-state index contributed by atoms with van der Waals surface area (Å²) in [6.45, 7) is 1.78. The third-order valence-corrected chi connectivity index (χ3v) is 4.35. The molecule has 1 aliphatic heterocycles. The van der Waals surface area contributed by atoms with Crippen LogP contribution in [-0.4, -0.2) is 88.3 Å². The summed E-state index contributed by atoms with van der Waals surface area (Å²) in [5.74, 6) is 0. The van der Waals surface area contributed by atoms with Crippen LogP contribution in [0.15, 0.2) is 14.4 Å². The molecule has 0 unspecified atom stereocenters. The average molecular weight is 417 g/mol.